The van der Waals surface area contributed by atoms with Crippen LogP contribution in [0, 0.1) is 5.82 Å². The second kappa shape index (κ2) is 5.68. The monoisotopic (exact) mass is 306 g/mol. The highest BCUT2D eigenvalue weighted by atomic mass is 19.1. The molecule has 3 aromatic heterocycles. The van der Waals surface area contributed by atoms with E-state index in [0.29, 0.717) is 6.54 Å². The van der Waals surface area contributed by atoms with Crippen molar-refractivity contribution in [3.8, 4) is 0 Å². The molecule has 1 N–H and O–H groups in total. The molecule has 3 heterocycles. The summed E-state index contributed by atoms with van der Waals surface area (Å²) in [6, 6.07) is 10.6. The summed E-state index contributed by atoms with van der Waals surface area (Å²) in [4.78, 5) is 11.9. The lowest BCUT2D eigenvalue weighted by molar-refractivity contribution is 0.626. The molecule has 23 heavy (non-hydrogen) atoms. The van der Waals surface area contributed by atoms with Crippen molar-refractivity contribution in [3.63, 3.8) is 0 Å². The molecule has 114 valence electrons. The summed E-state index contributed by atoms with van der Waals surface area (Å²) < 4.78 is 15.2. The second-order valence-electron chi connectivity index (χ2n) is 5.50. The molecule has 0 aliphatic rings. The number of H-pyrrole nitrogens is 1. The van der Waals surface area contributed by atoms with Crippen molar-refractivity contribution >= 4 is 11.0 Å². The van der Waals surface area contributed by atoms with Gasteiger partial charge in [0.1, 0.15) is 17.3 Å². The van der Waals surface area contributed by atoms with E-state index in [0.717, 1.165) is 28.8 Å². The van der Waals surface area contributed by atoms with Gasteiger partial charge in [-0.2, -0.15) is 0 Å². The summed E-state index contributed by atoms with van der Waals surface area (Å²) >= 11 is 0. The number of hydrogen-bond acceptors (Lipinski definition) is 2. The Kier molecular flexibility index (Phi) is 3.38. The van der Waals surface area contributed by atoms with Crippen LogP contribution in [-0.4, -0.2) is 19.5 Å². The fraction of sp³-hybridized carbons (Fsp3) is 0.111. The number of nitrogens with zero attached hydrogens (tertiary/aromatic N) is 3. The van der Waals surface area contributed by atoms with E-state index in [1.54, 1.807) is 24.5 Å². The Labute approximate surface area is 132 Å². The smallest absolute Gasteiger partial charge is 0.140 e. The standard InChI is InChI=1S/C18H15FN4/c19-15-5-3-13(4-6-15)11-23-12-14(10-17-20-8-9-21-17)16-2-1-7-22-18(16)23/h1-9,12H,10-11H2,(H,20,21). The number of halogens is 1. The summed E-state index contributed by atoms with van der Waals surface area (Å²) in [5, 5.41) is 1.12. The van der Waals surface area contributed by atoms with Crippen LogP contribution in [0.25, 0.3) is 11.0 Å². The van der Waals surface area contributed by atoms with Crippen molar-refractivity contribution in [1.82, 2.24) is 19.5 Å². The number of rotatable bonds is 4. The van der Waals surface area contributed by atoms with Gasteiger partial charge in [0.05, 0.1) is 0 Å². The SMILES string of the molecule is Fc1ccc(Cn2cc(Cc3ncc[nH]3)c3cccnc32)cc1. The van der Waals surface area contributed by atoms with Gasteiger partial charge in [-0.3, -0.25) is 0 Å². The Bertz CT molecular complexity index is 923. The average molecular weight is 306 g/mol. The minimum absolute atomic E-state index is 0.220. The molecule has 0 amide bonds. The minimum Gasteiger partial charge on any atom is -0.348 e. The maximum Gasteiger partial charge on any atom is 0.140 e. The lowest BCUT2D eigenvalue weighted by atomic mass is 10.1. The number of nitrogens with one attached hydrogen (secondary N) is 1. The Balaban J connectivity index is 1.73. The fourth-order valence-corrected chi connectivity index (χ4v) is 2.82. The van der Waals surface area contributed by atoms with E-state index in [9.17, 15) is 4.39 Å². The van der Waals surface area contributed by atoms with E-state index in [4.69, 9.17) is 0 Å². The normalized spacial score (nSPS) is 11.2. The number of benzene rings is 1. The lowest BCUT2D eigenvalue weighted by Gasteiger charge is -2.04. The minimum atomic E-state index is -0.220. The third-order valence-corrected chi connectivity index (χ3v) is 3.90. The highest BCUT2D eigenvalue weighted by Crippen LogP contribution is 2.22. The molecule has 0 saturated heterocycles. The van der Waals surface area contributed by atoms with Crippen LogP contribution in [0.1, 0.15) is 17.0 Å². The molecule has 0 fully saturated rings. The van der Waals surface area contributed by atoms with E-state index >= 15 is 0 Å². The van der Waals surface area contributed by atoms with E-state index < -0.39 is 0 Å². The quantitative estimate of drug-likeness (QED) is 0.627. The predicted octanol–water partition coefficient (Wildman–Crippen LogP) is 3.54. The lowest BCUT2D eigenvalue weighted by Crippen LogP contribution is -1.99. The van der Waals surface area contributed by atoms with Crippen LogP contribution >= 0.6 is 0 Å². The maximum absolute atomic E-state index is 13.1. The van der Waals surface area contributed by atoms with Gasteiger partial charge in [0.2, 0.25) is 0 Å². The molecule has 0 bridgehead atoms. The van der Waals surface area contributed by atoms with Gasteiger partial charge in [0.25, 0.3) is 0 Å². The van der Waals surface area contributed by atoms with Crippen molar-refractivity contribution in [2.45, 2.75) is 13.0 Å². The van der Waals surface area contributed by atoms with Crippen LogP contribution in [0.3, 0.4) is 0 Å². The van der Waals surface area contributed by atoms with Gasteiger partial charge < -0.3 is 9.55 Å². The first-order chi connectivity index (χ1) is 11.3. The first-order valence-electron chi connectivity index (χ1n) is 7.45. The van der Waals surface area contributed by atoms with Crippen LogP contribution in [-0.2, 0) is 13.0 Å². The summed E-state index contributed by atoms with van der Waals surface area (Å²) in [6.45, 7) is 0.659. The zero-order valence-corrected chi connectivity index (χ0v) is 12.4. The number of hydrogen-bond donors (Lipinski definition) is 1. The molecule has 0 radical (unpaired) electrons. The van der Waals surface area contributed by atoms with Gasteiger partial charge in [-0.15, -0.1) is 0 Å². The summed E-state index contributed by atoms with van der Waals surface area (Å²) in [5.41, 5.74) is 3.14. The van der Waals surface area contributed by atoms with Gasteiger partial charge in [0.15, 0.2) is 0 Å². The maximum atomic E-state index is 13.1. The van der Waals surface area contributed by atoms with Crippen LogP contribution in [0.5, 0.6) is 0 Å². The van der Waals surface area contributed by atoms with E-state index in [1.165, 1.54) is 17.7 Å². The molecular weight excluding hydrogens is 291 g/mol. The van der Waals surface area contributed by atoms with Crippen LogP contribution in [0.2, 0.25) is 0 Å². The summed E-state index contributed by atoms with van der Waals surface area (Å²) in [6.07, 6.45) is 8.20. The number of aromatic nitrogens is 4. The predicted molar refractivity (Wildman–Crippen MR) is 86.6 cm³/mol. The third-order valence-electron chi connectivity index (χ3n) is 3.90. The third kappa shape index (κ3) is 2.73. The molecule has 0 atom stereocenters. The number of fused-ring (bicyclic) bond motifs is 1. The highest BCUT2D eigenvalue weighted by Gasteiger charge is 2.11. The largest absolute Gasteiger partial charge is 0.348 e. The molecule has 0 spiro atoms. The molecule has 4 rings (SSSR count). The molecule has 4 aromatic rings. The number of pyridine rings is 1. The summed E-state index contributed by atoms with van der Waals surface area (Å²) in [7, 11) is 0. The van der Waals surface area contributed by atoms with E-state index in [2.05, 4.69) is 31.8 Å². The Morgan fingerprint density at radius 2 is 1.91 bits per heavy atom. The van der Waals surface area contributed by atoms with Crippen molar-refractivity contribution in [1.29, 1.82) is 0 Å². The fourth-order valence-electron chi connectivity index (χ4n) is 2.82. The first-order valence-corrected chi connectivity index (χ1v) is 7.45. The molecular formula is C18H15FN4. The summed E-state index contributed by atoms with van der Waals surface area (Å²) in [5.74, 6) is 0.706. The van der Waals surface area contributed by atoms with Crippen molar-refractivity contribution in [2.24, 2.45) is 0 Å². The van der Waals surface area contributed by atoms with E-state index in [-0.39, 0.29) is 5.82 Å². The first kappa shape index (κ1) is 13.7. The zero-order valence-electron chi connectivity index (χ0n) is 12.4. The second-order valence-corrected chi connectivity index (χ2v) is 5.50. The van der Waals surface area contributed by atoms with Crippen molar-refractivity contribution in [2.75, 3.05) is 0 Å². The Hall–Kier alpha value is -2.95. The molecule has 4 nitrogen and oxygen atoms in total. The topological polar surface area (TPSA) is 46.5 Å². The molecule has 0 saturated carbocycles. The molecule has 0 unspecified atom stereocenters. The average Bonchev–Trinajstić information content (AvgIpc) is 3.19. The van der Waals surface area contributed by atoms with Gasteiger partial charge in [-0.25, -0.2) is 14.4 Å². The van der Waals surface area contributed by atoms with Gasteiger partial charge in [0, 0.05) is 43.1 Å². The number of imidazole rings is 1. The van der Waals surface area contributed by atoms with E-state index in [1.807, 2.05) is 12.3 Å². The van der Waals surface area contributed by atoms with Gasteiger partial charge in [-0.05, 0) is 35.4 Å². The number of aromatic amines is 1. The van der Waals surface area contributed by atoms with Crippen LogP contribution < -0.4 is 0 Å². The van der Waals surface area contributed by atoms with Crippen molar-refractivity contribution < 1.29 is 4.39 Å². The van der Waals surface area contributed by atoms with Gasteiger partial charge in [-0.1, -0.05) is 12.1 Å². The highest BCUT2D eigenvalue weighted by molar-refractivity contribution is 5.80. The van der Waals surface area contributed by atoms with Crippen LogP contribution in [0.15, 0.2) is 61.2 Å². The van der Waals surface area contributed by atoms with Crippen LogP contribution in [0.4, 0.5) is 4.39 Å². The molecule has 5 heteroatoms. The molecule has 0 aliphatic carbocycles. The molecule has 0 aliphatic heterocycles. The van der Waals surface area contributed by atoms with Gasteiger partial charge >= 0.3 is 0 Å². The molecule has 1 aromatic carbocycles. The van der Waals surface area contributed by atoms with Crippen molar-refractivity contribution in [3.05, 3.63) is 84.0 Å². The Morgan fingerprint density at radius 1 is 1.04 bits per heavy atom. The zero-order chi connectivity index (χ0) is 15.6. The Morgan fingerprint density at radius 3 is 2.70 bits per heavy atom.